The maximum absolute atomic E-state index is 12.4. The summed E-state index contributed by atoms with van der Waals surface area (Å²) in [4.78, 5) is 25.6. The predicted molar refractivity (Wildman–Crippen MR) is 111 cm³/mol. The lowest BCUT2D eigenvalue weighted by molar-refractivity contribution is -0.130. The molecule has 5 nitrogen and oxygen atoms in total. The van der Waals surface area contributed by atoms with Gasteiger partial charge in [-0.25, -0.2) is 0 Å². The molecule has 0 saturated heterocycles. The monoisotopic (exact) mass is 401 g/mol. The Kier molecular flexibility index (Phi) is 7.64. The topological polar surface area (TPSA) is 55.8 Å². The number of rotatable bonds is 8. The van der Waals surface area contributed by atoms with E-state index in [1.54, 1.807) is 38.4 Å². The van der Waals surface area contributed by atoms with E-state index >= 15 is 0 Å². The Morgan fingerprint density at radius 1 is 1.14 bits per heavy atom. The second kappa shape index (κ2) is 9.95. The van der Waals surface area contributed by atoms with Gasteiger partial charge < -0.3 is 14.4 Å². The van der Waals surface area contributed by atoms with Gasteiger partial charge in [0.2, 0.25) is 0 Å². The third-order valence-corrected chi connectivity index (χ3v) is 4.29. The number of allylic oxidation sites excluding steroid dienone is 1. The summed E-state index contributed by atoms with van der Waals surface area (Å²) < 4.78 is 11.2. The van der Waals surface area contributed by atoms with E-state index in [-0.39, 0.29) is 18.3 Å². The van der Waals surface area contributed by atoms with Crippen molar-refractivity contribution in [1.29, 1.82) is 0 Å². The molecule has 0 atom stereocenters. The molecule has 0 fully saturated rings. The molecule has 0 radical (unpaired) electrons. The third-order valence-electron chi connectivity index (χ3n) is 4.01. The smallest absolute Gasteiger partial charge is 0.259 e. The quantitative estimate of drug-likeness (QED) is 0.485. The summed E-state index contributed by atoms with van der Waals surface area (Å²) in [6.07, 6.45) is 3.18. The zero-order valence-corrected chi connectivity index (χ0v) is 17.2. The van der Waals surface area contributed by atoms with Crippen LogP contribution in [0.15, 0.2) is 42.5 Å². The minimum Gasteiger partial charge on any atom is -0.490 e. The number of carbonyl (C=O) groups excluding carboxylic acids is 2. The van der Waals surface area contributed by atoms with Crippen LogP contribution in [-0.4, -0.2) is 43.9 Å². The maximum atomic E-state index is 12.4. The largest absolute Gasteiger partial charge is 0.490 e. The van der Waals surface area contributed by atoms with Crippen molar-refractivity contribution in [3.63, 3.8) is 0 Å². The van der Waals surface area contributed by atoms with Crippen LogP contribution in [0.25, 0.3) is 6.08 Å². The number of hydrogen-bond acceptors (Lipinski definition) is 4. The molecule has 6 heteroatoms. The molecule has 0 saturated carbocycles. The summed E-state index contributed by atoms with van der Waals surface area (Å²) in [6, 6.07) is 10.8. The number of ketones is 1. The van der Waals surface area contributed by atoms with Gasteiger partial charge in [-0.1, -0.05) is 41.9 Å². The van der Waals surface area contributed by atoms with Crippen molar-refractivity contribution < 1.29 is 19.1 Å². The van der Waals surface area contributed by atoms with Crippen LogP contribution in [0.2, 0.25) is 5.02 Å². The van der Waals surface area contributed by atoms with Crippen LogP contribution >= 0.6 is 11.6 Å². The summed E-state index contributed by atoms with van der Waals surface area (Å²) in [6.45, 7) is 4.00. The highest BCUT2D eigenvalue weighted by Gasteiger charge is 2.15. The number of nitrogens with zero attached hydrogens (tertiary/aromatic N) is 1. The molecule has 2 aromatic rings. The van der Waals surface area contributed by atoms with Gasteiger partial charge in [0.1, 0.15) is 0 Å². The molecule has 148 valence electrons. The van der Waals surface area contributed by atoms with E-state index in [0.717, 1.165) is 5.56 Å². The SMILES string of the molecule is CCOc1cc(/C=C/C(=O)c2ccccc2C)cc(Cl)c1OCC(=O)N(C)C. The average Bonchev–Trinajstić information content (AvgIpc) is 2.65. The number of benzene rings is 2. The van der Waals surface area contributed by atoms with Crippen LogP contribution in [-0.2, 0) is 4.79 Å². The highest BCUT2D eigenvalue weighted by atomic mass is 35.5. The third kappa shape index (κ3) is 5.60. The molecule has 0 bridgehead atoms. The zero-order valence-electron chi connectivity index (χ0n) is 16.5. The minimum absolute atomic E-state index is 0.0934. The van der Waals surface area contributed by atoms with Crippen molar-refractivity contribution in [3.05, 3.63) is 64.2 Å². The summed E-state index contributed by atoms with van der Waals surface area (Å²) in [5.41, 5.74) is 2.26. The van der Waals surface area contributed by atoms with E-state index in [1.807, 2.05) is 32.0 Å². The Morgan fingerprint density at radius 2 is 1.86 bits per heavy atom. The fourth-order valence-corrected chi connectivity index (χ4v) is 2.73. The molecule has 0 aliphatic heterocycles. The van der Waals surface area contributed by atoms with E-state index in [0.29, 0.717) is 34.3 Å². The first-order valence-corrected chi connectivity index (χ1v) is 9.28. The van der Waals surface area contributed by atoms with Gasteiger partial charge in [-0.2, -0.15) is 0 Å². The van der Waals surface area contributed by atoms with Crippen LogP contribution in [0.4, 0.5) is 0 Å². The Hall–Kier alpha value is -2.79. The van der Waals surface area contributed by atoms with E-state index in [1.165, 1.54) is 11.0 Å². The first-order valence-electron chi connectivity index (χ1n) is 8.90. The van der Waals surface area contributed by atoms with Crippen molar-refractivity contribution in [2.45, 2.75) is 13.8 Å². The van der Waals surface area contributed by atoms with Gasteiger partial charge in [0, 0.05) is 19.7 Å². The molecule has 28 heavy (non-hydrogen) atoms. The molecule has 0 heterocycles. The molecule has 2 rings (SSSR count). The zero-order chi connectivity index (χ0) is 20.7. The lowest BCUT2D eigenvalue weighted by Crippen LogP contribution is -2.27. The molecule has 0 unspecified atom stereocenters. The summed E-state index contributed by atoms with van der Waals surface area (Å²) >= 11 is 6.34. The molecule has 1 amide bonds. The van der Waals surface area contributed by atoms with Gasteiger partial charge in [-0.05, 0) is 43.2 Å². The molecule has 0 aliphatic carbocycles. The fraction of sp³-hybridized carbons (Fsp3) is 0.273. The molecule has 0 aromatic heterocycles. The van der Waals surface area contributed by atoms with Crippen LogP contribution in [0.5, 0.6) is 11.5 Å². The van der Waals surface area contributed by atoms with Gasteiger partial charge in [-0.3, -0.25) is 9.59 Å². The van der Waals surface area contributed by atoms with E-state index < -0.39 is 0 Å². The minimum atomic E-state index is -0.189. The van der Waals surface area contributed by atoms with Crippen molar-refractivity contribution in [2.75, 3.05) is 27.3 Å². The summed E-state index contributed by atoms with van der Waals surface area (Å²) in [7, 11) is 3.30. The molecular formula is C22H24ClNO4. The van der Waals surface area contributed by atoms with Gasteiger partial charge in [0.15, 0.2) is 23.9 Å². The van der Waals surface area contributed by atoms with Crippen molar-refractivity contribution in [3.8, 4) is 11.5 Å². The average molecular weight is 402 g/mol. The van der Waals surface area contributed by atoms with E-state index in [4.69, 9.17) is 21.1 Å². The predicted octanol–water partition coefficient (Wildman–Crippen LogP) is 4.41. The molecule has 2 aromatic carbocycles. The Morgan fingerprint density at radius 3 is 2.50 bits per heavy atom. The molecular weight excluding hydrogens is 378 g/mol. The van der Waals surface area contributed by atoms with Crippen molar-refractivity contribution >= 4 is 29.4 Å². The number of likely N-dealkylation sites (N-methyl/N-ethyl adjacent to an activating group) is 1. The van der Waals surface area contributed by atoms with Gasteiger partial charge in [0.05, 0.1) is 11.6 Å². The highest BCUT2D eigenvalue weighted by Crippen LogP contribution is 2.37. The maximum Gasteiger partial charge on any atom is 0.259 e. The van der Waals surface area contributed by atoms with Gasteiger partial charge in [-0.15, -0.1) is 0 Å². The molecule has 0 N–H and O–H groups in total. The van der Waals surface area contributed by atoms with Crippen molar-refractivity contribution in [2.24, 2.45) is 0 Å². The standard InChI is InChI=1S/C22H24ClNO4/c1-5-27-20-13-16(10-11-19(25)17-9-7-6-8-15(17)2)12-18(23)22(20)28-14-21(26)24(3)4/h6-13H,5,14H2,1-4H3/b11-10+. The lowest BCUT2D eigenvalue weighted by atomic mass is 10.0. The van der Waals surface area contributed by atoms with Gasteiger partial charge in [0.25, 0.3) is 5.91 Å². The highest BCUT2D eigenvalue weighted by molar-refractivity contribution is 6.32. The summed E-state index contributed by atoms with van der Waals surface area (Å²) in [5, 5.41) is 0.306. The van der Waals surface area contributed by atoms with E-state index in [2.05, 4.69) is 0 Å². The lowest BCUT2D eigenvalue weighted by Gasteiger charge is -2.16. The second-order valence-corrected chi connectivity index (χ2v) is 6.76. The number of hydrogen-bond donors (Lipinski definition) is 0. The summed E-state index contributed by atoms with van der Waals surface area (Å²) in [5.74, 6) is 0.445. The van der Waals surface area contributed by atoms with Crippen LogP contribution in [0, 0.1) is 6.92 Å². The first kappa shape index (κ1) is 21.5. The molecule has 0 spiro atoms. The normalized spacial score (nSPS) is 10.8. The number of ether oxygens (including phenoxy) is 2. The van der Waals surface area contributed by atoms with Gasteiger partial charge >= 0.3 is 0 Å². The Balaban J connectivity index is 2.25. The number of aryl methyl sites for hydroxylation is 1. The first-order chi connectivity index (χ1) is 13.3. The van der Waals surface area contributed by atoms with Crippen LogP contribution in [0.1, 0.15) is 28.4 Å². The Bertz CT molecular complexity index is 890. The van der Waals surface area contributed by atoms with Crippen LogP contribution in [0.3, 0.4) is 0 Å². The fourth-order valence-electron chi connectivity index (χ4n) is 2.46. The van der Waals surface area contributed by atoms with Crippen LogP contribution < -0.4 is 9.47 Å². The number of carbonyl (C=O) groups is 2. The number of amides is 1. The number of halogens is 1. The van der Waals surface area contributed by atoms with E-state index in [9.17, 15) is 9.59 Å². The van der Waals surface area contributed by atoms with Crippen molar-refractivity contribution in [1.82, 2.24) is 4.90 Å². The second-order valence-electron chi connectivity index (χ2n) is 6.35. The Labute approximate surface area is 170 Å². The molecule has 0 aliphatic rings.